The Kier molecular flexibility index (Phi) is 6.21. The van der Waals surface area contributed by atoms with Crippen molar-refractivity contribution in [2.24, 2.45) is 0 Å². The van der Waals surface area contributed by atoms with Crippen LogP contribution in [0.5, 0.6) is 0 Å². The summed E-state index contributed by atoms with van der Waals surface area (Å²) in [5.41, 5.74) is 3.04. The van der Waals surface area contributed by atoms with Crippen molar-refractivity contribution in [2.75, 3.05) is 11.1 Å². The second kappa shape index (κ2) is 9.19. The number of rotatable bonds is 8. The summed E-state index contributed by atoms with van der Waals surface area (Å²) in [6.45, 7) is 2.10. The van der Waals surface area contributed by atoms with Gasteiger partial charge in [0.05, 0.1) is 21.0 Å². The lowest BCUT2D eigenvalue weighted by Crippen LogP contribution is -2.13. The first kappa shape index (κ1) is 19.6. The second-order valence-corrected chi connectivity index (χ2v) is 8.47. The van der Waals surface area contributed by atoms with Gasteiger partial charge in [-0.05, 0) is 36.2 Å². The monoisotopic (exact) mass is 424 g/mol. The van der Waals surface area contributed by atoms with Crippen molar-refractivity contribution >= 4 is 44.9 Å². The summed E-state index contributed by atoms with van der Waals surface area (Å²) in [6.07, 6.45) is 2.35. The van der Waals surface area contributed by atoms with Crippen LogP contribution in [0.15, 0.2) is 58.2 Å². The molecule has 0 radical (unpaired) electrons. The highest BCUT2D eigenvalue weighted by atomic mass is 32.2. The summed E-state index contributed by atoms with van der Waals surface area (Å²) in [5.74, 6) is 0.672. The standard InChI is InChI=1S/C21H20N4O2S2/c1-2-14-7-9-15(10-8-14)22-18(26)13-28-21-25-24-19(27-21)11-12-20-23-16-5-3-4-6-17(16)29-20/h3-10H,2,11-13H2,1H3,(H,22,26). The Bertz CT molecular complexity index is 1070. The summed E-state index contributed by atoms with van der Waals surface area (Å²) >= 11 is 2.92. The number of nitrogens with one attached hydrogen (secondary N) is 1. The molecule has 2 aromatic carbocycles. The quantitative estimate of drug-likeness (QED) is 0.411. The summed E-state index contributed by atoms with van der Waals surface area (Å²) in [5, 5.41) is 12.4. The van der Waals surface area contributed by atoms with Gasteiger partial charge >= 0.3 is 0 Å². The maximum atomic E-state index is 12.1. The molecule has 2 heterocycles. The molecule has 0 fully saturated rings. The average molecular weight is 425 g/mol. The maximum absolute atomic E-state index is 12.1. The minimum Gasteiger partial charge on any atom is -0.416 e. The first-order valence-electron chi connectivity index (χ1n) is 9.38. The Balaban J connectivity index is 1.25. The minimum atomic E-state index is -0.103. The van der Waals surface area contributed by atoms with E-state index in [-0.39, 0.29) is 11.7 Å². The summed E-state index contributed by atoms with van der Waals surface area (Å²) in [4.78, 5) is 16.7. The van der Waals surface area contributed by atoms with Gasteiger partial charge in [0.25, 0.3) is 5.22 Å². The molecule has 0 saturated carbocycles. The van der Waals surface area contributed by atoms with Crippen LogP contribution in [0.1, 0.15) is 23.4 Å². The van der Waals surface area contributed by atoms with Crippen LogP contribution in [0.2, 0.25) is 0 Å². The molecule has 29 heavy (non-hydrogen) atoms. The van der Waals surface area contributed by atoms with Crippen molar-refractivity contribution < 1.29 is 9.21 Å². The number of thioether (sulfide) groups is 1. The van der Waals surface area contributed by atoms with E-state index in [4.69, 9.17) is 4.42 Å². The number of anilines is 1. The zero-order valence-corrected chi connectivity index (χ0v) is 17.6. The SMILES string of the molecule is CCc1ccc(NC(=O)CSc2nnc(CCc3nc4ccccc4s3)o2)cc1. The Morgan fingerprint density at radius 1 is 1.10 bits per heavy atom. The van der Waals surface area contributed by atoms with Crippen molar-refractivity contribution in [1.82, 2.24) is 15.2 Å². The number of thiazole rings is 1. The molecule has 0 aliphatic heterocycles. The maximum Gasteiger partial charge on any atom is 0.277 e. The predicted octanol–water partition coefficient (Wildman–Crippen LogP) is 4.76. The second-order valence-electron chi connectivity index (χ2n) is 6.42. The third-order valence-electron chi connectivity index (χ3n) is 4.31. The van der Waals surface area contributed by atoms with Gasteiger partial charge in [-0.2, -0.15) is 0 Å². The molecule has 0 saturated heterocycles. The van der Waals surface area contributed by atoms with Gasteiger partial charge in [0, 0.05) is 18.5 Å². The van der Waals surface area contributed by atoms with E-state index in [2.05, 4.69) is 33.5 Å². The van der Waals surface area contributed by atoms with Crippen molar-refractivity contribution in [3.8, 4) is 0 Å². The van der Waals surface area contributed by atoms with Crippen molar-refractivity contribution in [3.05, 3.63) is 65.0 Å². The van der Waals surface area contributed by atoms with E-state index in [1.807, 2.05) is 42.5 Å². The number of carbonyl (C=O) groups excluding carboxylic acids is 1. The van der Waals surface area contributed by atoms with Crippen molar-refractivity contribution in [2.45, 2.75) is 31.4 Å². The zero-order valence-electron chi connectivity index (χ0n) is 15.9. The molecule has 1 N–H and O–H groups in total. The Labute approximate surface area is 176 Å². The Morgan fingerprint density at radius 2 is 1.93 bits per heavy atom. The molecule has 4 rings (SSSR count). The van der Waals surface area contributed by atoms with Crippen molar-refractivity contribution in [1.29, 1.82) is 0 Å². The smallest absolute Gasteiger partial charge is 0.277 e. The van der Waals surface area contributed by atoms with E-state index in [0.717, 1.165) is 29.1 Å². The van der Waals surface area contributed by atoms with Gasteiger partial charge in [0.1, 0.15) is 0 Å². The third-order valence-corrected chi connectivity index (χ3v) is 6.23. The van der Waals surface area contributed by atoms with E-state index in [0.29, 0.717) is 17.5 Å². The van der Waals surface area contributed by atoms with Gasteiger partial charge in [-0.25, -0.2) is 4.98 Å². The lowest BCUT2D eigenvalue weighted by atomic mass is 10.1. The van der Waals surface area contributed by atoms with Crippen molar-refractivity contribution in [3.63, 3.8) is 0 Å². The van der Waals surface area contributed by atoms with Crippen LogP contribution in [0.3, 0.4) is 0 Å². The van der Waals surface area contributed by atoms with E-state index in [1.165, 1.54) is 22.0 Å². The molecule has 4 aromatic rings. The number of benzene rings is 2. The first-order chi connectivity index (χ1) is 14.2. The average Bonchev–Trinajstić information content (AvgIpc) is 3.37. The molecule has 2 aromatic heterocycles. The zero-order chi connectivity index (χ0) is 20.1. The molecule has 1 amide bonds. The van der Waals surface area contributed by atoms with Crippen LogP contribution in [-0.4, -0.2) is 26.8 Å². The summed E-state index contributed by atoms with van der Waals surface area (Å²) in [7, 11) is 0. The van der Waals surface area contributed by atoms with Crippen LogP contribution in [0.4, 0.5) is 5.69 Å². The predicted molar refractivity (Wildman–Crippen MR) is 116 cm³/mol. The number of aryl methyl sites for hydroxylation is 3. The highest BCUT2D eigenvalue weighted by molar-refractivity contribution is 7.99. The van der Waals surface area contributed by atoms with Crippen LogP contribution in [-0.2, 0) is 24.1 Å². The van der Waals surface area contributed by atoms with Crippen LogP contribution in [0.25, 0.3) is 10.2 Å². The number of hydrogen-bond acceptors (Lipinski definition) is 7. The normalized spacial score (nSPS) is 11.1. The van der Waals surface area contributed by atoms with Gasteiger partial charge in [-0.15, -0.1) is 21.5 Å². The number of para-hydroxylation sites is 1. The number of fused-ring (bicyclic) bond motifs is 1. The molecule has 0 atom stereocenters. The number of amides is 1. The highest BCUT2D eigenvalue weighted by Gasteiger charge is 2.11. The van der Waals surface area contributed by atoms with Gasteiger partial charge in [-0.3, -0.25) is 4.79 Å². The molecule has 0 spiro atoms. The molecular formula is C21H20N4O2S2. The fourth-order valence-corrected chi connectivity index (χ4v) is 4.33. The van der Waals surface area contributed by atoms with Gasteiger partial charge in [-0.1, -0.05) is 43.0 Å². The molecule has 6 nitrogen and oxygen atoms in total. The minimum absolute atomic E-state index is 0.103. The molecule has 0 bridgehead atoms. The molecule has 0 unspecified atom stereocenters. The van der Waals surface area contributed by atoms with E-state index in [1.54, 1.807) is 11.3 Å². The van der Waals surface area contributed by atoms with E-state index < -0.39 is 0 Å². The molecule has 148 valence electrons. The number of carbonyl (C=O) groups is 1. The van der Waals surface area contributed by atoms with Crippen LogP contribution < -0.4 is 5.32 Å². The Hall–Kier alpha value is -2.71. The van der Waals surface area contributed by atoms with Crippen LogP contribution in [0, 0.1) is 0 Å². The van der Waals surface area contributed by atoms with Gasteiger partial charge in [0.2, 0.25) is 11.8 Å². The fourth-order valence-electron chi connectivity index (χ4n) is 2.79. The third kappa shape index (κ3) is 5.21. The molecule has 0 aliphatic rings. The largest absolute Gasteiger partial charge is 0.416 e. The topological polar surface area (TPSA) is 80.9 Å². The Morgan fingerprint density at radius 3 is 2.72 bits per heavy atom. The molecule has 8 heteroatoms. The van der Waals surface area contributed by atoms with E-state index >= 15 is 0 Å². The molecular weight excluding hydrogens is 404 g/mol. The first-order valence-corrected chi connectivity index (χ1v) is 11.2. The van der Waals surface area contributed by atoms with Gasteiger partial charge in [0.15, 0.2) is 0 Å². The highest BCUT2D eigenvalue weighted by Crippen LogP contribution is 2.23. The van der Waals surface area contributed by atoms with E-state index in [9.17, 15) is 4.79 Å². The summed E-state index contributed by atoms with van der Waals surface area (Å²) in [6, 6.07) is 15.9. The summed E-state index contributed by atoms with van der Waals surface area (Å²) < 4.78 is 6.83. The molecule has 0 aliphatic carbocycles. The lowest BCUT2D eigenvalue weighted by Gasteiger charge is -2.04. The lowest BCUT2D eigenvalue weighted by molar-refractivity contribution is -0.113. The number of hydrogen-bond donors (Lipinski definition) is 1. The van der Waals surface area contributed by atoms with Gasteiger partial charge < -0.3 is 9.73 Å². The van der Waals surface area contributed by atoms with Crippen LogP contribution >= 0.6 is 23.1 Å². The number of aromatic nitrogens is 3. The number of nitrogens with zero attached hydrogens (tertiary/aromatic N) is 3. The fraction of sp³-hybridized carbons (Fsp3) is 0.238.